The highest BCUT2D eigenvalue weighted by atomic mass is 16.5. The Bertz CT molecular complexity index is 1280. The Morgan fingerprint density at radius 3 is 2.36 bits per heavy atom. The van der Waals surface area contributed by atoms with Crippen LogP contribution in [0.15, 0.2) is 82.0 Å². The van der Waals surface area contributed by atoms with Gasteiger partial charge in [0.25, 0.3) is 0 Å². The zero-order valence-electron chi connectivity index (χ0n) is 18.2. The van der Waals surface area contributed by atoms with Gasteiger partial charge in [-0.25, -0.2) is 4.79 Å². The van der Waals surface area contributed by atoms with E-state index in [1.807, 2.05) is 30.3 Å². The third-order valence-corrected chi connectivity index (χ3v) is 4.73. The van der Waals surface area contributed by atoms with E-state index in [9.17, 15) is 19.8 Å². The second-order valence-electron chi connectivity index (χ2n) is 7.29. The molecular formula is C26H25NO6. The number of anilines is 1. The van der Waals surface area contributed by atoms with E-state index >= 15 is 0 Å². The minimum absolute atomic E-state index is 0.0671. The number of hydrogen-bond acceptors (Lipinski definition) is 7. The Morgan fingerprint density at radius 1 is 1.00 bits per heavy atom. The summed E-state index contributed by atoms with van der Waals surface area (Å²) in [5.41, 5.74) is 7.26. The van der Waals surface area contributed by atoms with Gasteiger partial charge in [0, 0.05) is 29.4 Å². The highest BCUT2D eigenvalue weighted by Gasteiger charge is 2.11. The summed E-state index contributed by atoms with van der Waals surface area (Å²) in [6.07, 6.45) is 1.93. The lowest BCUT2D eigenvalue weighted by atomic mass is 10.1. The maximum absolute atomic E-state index is 12.0. The van der Waals surface area contributed by atoms with Crippen LogP contribution in [0.3, 0.4) is 0 Å². The second kappa shape index (κ2) is 10.9. The molecule has 0 radical (unpaired) electrons. The number of nitrogen functional groups attached to an aromatic ring is 1. The van der Waals surface area contributed by atoms with Crippen molar-refractivity contribution >= 4 is 22.6 Å². The molecule has 7 nitrogen and oxygen atoms in total. The van der Waals surface area contributed by atoms with Crippen molar-refractivity contribution in [1.82, 2.24) is 0 Å². The molecule has 0 aliphatic heterocycles. The molecule has 4 N–H and O–H groups in total. The summed E-state index contributed by atoms with van der Waals surface area (Å²) in [4.78, 5) is 23.4. The summed E-state index contributed by atoms with van der Waals surface area (Å²) < 4.78 is 10.6. The van der Waals surface area contributed by atoms with Crippen molar-refractivity contribution < 1.29 is 24.2 Å². The molecule has 0 atom stereocenters. The molecule has 0 amide bonds. The Balaban J connectivity index is 0.000000196. The molecule has 170 valence electrons. The highest BCUT2D eigenvalue weighted by molar-refractivity contribution is 5.89. The number of carbonyl (C=O) groups is 1. The van der Waals surface area contributed by atoms with Crippen LogP contribution in [0, 0.1) is 0 Å². The van der Waals surface area contributed by atoms with Crippen molar-refractivity contribution in [3.8, 4) is 22.8 Å². The third kappa shape index (κ3) is 6.13. The predicted octanol–water partition coefficient (Wildman–Crippen LogP) is 5.10. The van der Waals surface area contributed by atoms with Crippen LogP contribution in [0.25, 0.3) is 22.3 Å². The van der Waals surface area contributed by atoms with Crippen LogP contribution in [0.5, 0.6) is 11.5 Å². The molecule has 0 saturated heterocycles. The second-order valence-corrected chi connectivity index (χ2v) is 7.29. The number of aromatic hydroxyl groups is 2. The Labute approximate surface area is 190 Å². The topological polar surface area (TPSA) is 123 Å². The molecule has 0 spiro atoms. The zero-order valence-corrected chi connectivity index (χ0v) is 18.2. The first-order chi connectivity index (χ1) is 15.9. The maximum Gasteiger partial charge on any atom is 0.338 e. The normalized spacial score (nSPS) is 10.3. The molecule has 0 unspecified atom stereocenters. The summed E-state index contributed by atoms with van der Waals surface area (Å²) in [7, 11) is 0. The molecule has 0 fully saturated rings. The molecule has 3 aromatic carbocycles. The van der Waals surface area contributed by atoms with Gasteiger partial charge in [-0.2, -0.15) is 0 Å². The minimum atomic E-state index is -0.349. The molecule has 4 rings (SSSR count). The van der Waals surface area contributed by atoms with Crippen molar-refractivity contribution in [2.75, 3.05) is 12.3 Å². The Kier molecular flexibility index (Phi) is 7.70. The number of carbonyl (C=O) groups excluding carboxylic acids is 1. The first-order valence-corrected chi connectivity index (χ1v) is 10.5. The minimum Gasteiger partial charge on any atom is -0.508 e. The fourth-order valence-corrected chi connectivity index (χ4v) is 3.01. The summed E-state index contributed by atoms with van der Waals surface area (Å²) in [6, 6.07) is 19.6. The molecule has 7 heteroatoms. The summed E-state index contributed by atoms with van der Waals surface area (Å²) in [5.74, 6) is -0.330. The van der Waals surface area contributed by atoms with E-state index in [2.05, 4.69) is 6.92 Å². The third-order valence-electron chi connectivity index (χ3n) is 4.73. The average Bonchev–Trinajstić information content (AvgIpc) is 2.80. The predicted molar refractivity (Wildman–Crippen MR) is 127 cm³/mol. The number of hydrogen-bond donors (Lipinski definition) is 3. The molecule has 1 heterocycles. The van der Waals surface area contributed by atoms with Gasteiger partial charge in [0.1, 0.15) is 28.2 Å². The van der Waals surface area contributed by atoms with Gasteiger partial charge in [0.15, 0.2) is 5.43 Å². The molecule has 0 aliphatic carbocycles. The van der Waals surface area contributed by atoms with Crippen LogP contribution in [0.4, 0.5) is 5.69 Å². The largest absolute Gasteiger partial charge is 0.508 e. The van der Waals surface area contributed by atoms with E-state index in [0.29, 0.717) is 23.6 Å². The fraction of sp³-hybridized carbons (Fsp3) is 0.154. The van der Waals surface area contributed by atoms with Crippen LogP contribution >= 0.6 is 0 Å². The number of nitrogens with two attached hydrogens (primary N) is 1. The number of unbranched alkanes of at least 4 members (excludes halogenated alkanes) is 1. The molecule has 0 aliphatic rings. The van der Waals surface area contributed by atoms with E-state index in [0.717, 1.165) is 24.5 Å². The standard InChI is InChI=1S/C15H10O4.C11H15NO2/c16-10-6-11(17)15-12(18)8-13(19-14(15)7-10)9-4-2-1-3-5-9;1-2-3-8-14-11(13)9-4-6-10(12)7-5-9/h1-8,16-17H;4-7H,2-3,8,12H2,1H3. The van der Waals surface area contributed by atoms with Crippen LogP contribution in [0.2, 0.25) is 0 Å². The van der Waals surface area contributed by atoms with Crippen molar-refractivity contribution in [3.05, 3.63) is 88.6 Å². The van der Waals surface area contributed by atoms with E-state index in [4.69, 9.17) is 14.9 Å². The number of benzene rings is 3. The number of phenolic OH excluding ortho intramolecular Hbond substituents is 2. The lowest BCUT2D eigenvalue weighted by Gasteiger charge is -2.04. The number of esters is 1. The number of rotatable bonds is 5. The van der Waals surface area contributed by atoms with Crippen LogP contribution in [0.1, 0.15) is 30.1 Å². The van der Waals surface area contributed by atoms with E-state index in [1.165, 1.54) is 12.1 Å². The molecule has 33 heavy (non-hydrogen) atoms. The Hall–Kier alpha value is -4.26. The van der Waals surface area contributed by atoms with Crippen molar-refractivity contribution in [3.63, 3.8) is 0 Å². The van der Waals surface area contributed by atoms with Crippen molar-refractivity contribution in [2.24, 2.45) is 0 Å². The van der Waals surface area contributed by atoms with Gasteiger partial charge in [-0.1, -0.05) is 43.7 Å². The smallest absolute Gasteiger partial charge is 0.338 e. The summed E-state index contributed by atoms with van der Waals surface area (Å²) in [5, 5.41) is 19.2. The molecule has 1 aromatic heterocycles. The van der Waals surface area contributed by atoms with Gasteiger partial charge in [-0.15, -0.1) is 0 Å². The first-order valence-electron chi connectivity index (χ1n) is 10.5. The van der Waals surface area contributed by atoms with E-state index in [1.54, 1.807) is 24.3 Å². The summed E-state index contributed by atoms with van der Waals surface area (Å²) in [6.45, 7) is 2.54. The van der Waals surface area contributed by atoms with E-state index in [-0.39, 0.29) is 33.9 Å². The zero-order chi connectivity index (χ0) is 23.8. The highest BCUT2D eigenvalue weighted by Crippen LogP contribution is 2.30. The lowest BCUT2D eigenvalue weighted by Crippen LogP contribution is -2.06. The van der Waals surface area contributed by atoms with E-state index < -0.39 is 0 Å². The van der Waals surface area contributed by atoms with Gasteiger partial charge < -0.3 is 25.1 Å². The van der Waals surface area contributed by atoms with Crippen molar-refractivity contribution in [1.29, 1.82) is 0 Å². The van der Waals surface area contributed by atoms with Crippen LogP contribution in [-0.2, 0) is 4.74 Å². The average molecular weight is 447 g/mol. The Morgan fingerprint density at radius 2 is 1.70 bits per heavy atom. The monoisotopic (exact) mass is 447 g/mol. The lowest BCUT2D eigenvalue weighted by molar-refractivity contribution is 0.0500. The van der Waals surface area contributed by atoms with Crippen LogP contribution in [-0.4, -0.2) is 22.8 Å². The van der Waals surface area contributed by atoms with Gasteiger partial charge in [0.2, 0.25) is 0 Å². The number of phenols is 2. The molecule has 0 bridgehead atoms. The van der Waals surface area contributed by atoms with Gasteiger partial charge >= 0.3 is 5.97 Å². The SMILES string of the molecule is CCCCOC(=O)c1ccc(N)cc1.O=c1cc(-c2ccccc2)oc2cc(O)cc(O)c12. The molecule has 4 aromatic rings. The summed E-state index contributed by atoms with van der Waals surface area (Å²) >= 11 is 0. The first kappa shape index (κ1) is 23.4. The van der Waals surface area contributed by atoms with Gasteiger partial charge in [-0.3, -0.25) is 4.79 Å². The van der Waals surface area contributed by atoms with Crippen LogP contribution < -0.4 is 11.2 Å². The van der Waals surface area contributed by atoms with Gasteiger partial charge in [0.05, 0.1) is 12.2 Å². The quantitative estimate of drug-likeness (QED) is 0.221. The van der Waals surface area contributed by atoms with Crippen molar-refractivity contribution in [2.45, 2.75) is 19.8 Å². The molecular weight excluding hydrogens is 422 g/mol. The van der Waals surface area contributed by atoms with Gasteiger partial charge in [-0.05, 0) is 30.7 Å². The maximum atomic E-state index is 12.0. The molecule has 0 saturated carbocycles. The number of fused-ring (bicyclic) bond motifs is 1. The number of ether oxygens (including phenoxy) is 1. The fourth-order valence-electron chi connectivity index (χ4n) is 3.01.